The third-order valence-corrected chi connectivity index (χ3v) is 2.79. The Balaban J connectivity index is 2.94. The molecule has 15 heavy (non-hydrogen) atoms. The van der Waals surface area contributed by atoms with E-state index in [2.05, 4.69) is 21.2 Å². The molecule has 2 unspecified atom stereocenters. The molecular weight excluding hydrogens is 262 g/mol. The summed E-state index contributed by atoms with van der Waals surface area (Å²) in [4.78, 5) is 0. The summed E-state index contributed by atoms with van der Waals surface area (Å²) in [5.41, 5.74) is 0.306. The maximum absolute atomic E-state index is 9.80. The second-order valence-corrected chi connectivity index (χ2v) is 4.10. The minimum absolute atomic E-state index is 0.0352. The number of aliphatic hydroxyl groups is 2. The molecule has 0 heterocycles. The van der Waals surface area contributed by atoms with Crippen LogP contribution in [0.15, 0.2) is 22.7 Å². The van der Waals surface area contributed by atoms with Crippen LogP contribution < -0.4 is 5.32 Å². The highest BCUT2D eigenvalue weighted by molar-refractivity contribution is 9.10. The summed E-state index contributed by atoms with van der Waals surface area (Å²) in [5.74, 6) is -0.0352. The van der Waals surface area contributed by atoms with Gasteiger partial charge in [0, 0.05) is 16.6 Å². The van der Waals surface area contributed by atoms with Crippen molar-refractivity contribution in [3.8, 4) is 5.75 Å². The molecule has 5 heteroatoms. The summed E-state index contributed by atoms with van der Waals surface area (Å²) < 4.78 is 0.574. The summed E-state index contributed by atoms with van der Waals surface area (Å²) in [6.45, 7) is 0.252. The Hall–Kier alpha value is -0.620. The van der Waals surface area contributed by atoms with Crippen molar-refractivity contribution in [1.82, 2.24) is 5.32 Å². The smallest absolute Gasteiger partial charge is 0.122 e. The number of nitrogens with one attached hydrogen (secondary N) is 1. The number of hydrogen-bond donors (Lipinski definition) is 4. The van der Waals surface area contributed by atoms with Gasteiger partial charge in [-0.3, -0.25) is 0 Å². The second kappa shape index (κ2) is 5.46. The van der Waals surface area contributed by atoms with Crippen LogP contribution in [-0.2, 0) is 0 Å². The van der Waals surface area contributed by atoms with Gasteiger partial charge in [-0.25, -0.2) is 0 Å². The first-order chi connectivity index (χ1) is 7.07. The molecular formula is C10H14BrNO3. The molecule has 0 amide bonds. The van der Waals surface area contributed by atoms with Crippen LogP contribution in [0.1, 0.15) is 11.7 Å². The molecule has 1 rings (SSSR count). The molecule has 0 radical (unpaired) electrons. The maximum Gasteiger partial charge on any atom is 0.122 e. The highest BCUT2D eigenvalue weighted by Gasteiger charge is 2.22. The first kappa shape index (κ1) is 12.4. The molecule has 0 aliphatic rings. The Morgan fingerprint density at radius 1 is 1.40 bits per heavy atom. The Morgan fingerprint density at radius 3 is 2.60 bits per heavy atom. The van der Waals surface area contributed by atoms with E-state index in [0.717, 1.165) is 0 Å². The summed E-state index contributed by atoms with van der Waals surface area (Å²) in [7, 11) is 1.68. The molecule has 4 N–H and O–H groups in total. The van der Waals surface area contributed by atoms with Crippen molar-refractivity contribution in [2.75, 3.05) is 13.6 Å². The lowest BCUT2D eigenvalue weighted by Gasteiger charge is -2.19. The molecule has 0 bridgehead atoms. The average Bonchev–Trinajstić information content (AvgIpc) is 2.17. The van der Waals surface area contributed by atoms with Gasteiger partial charge in [0.2, 0.25) is 0 Å². The van der Waals surface area contributed by atoms with Crippen LogP contribution in [-0.4, -0.2) is 35.0 Å². The van der Waals surface area contributed by atoms with E-state index in [1.165, 1.54) is 6.07 Å². The van der Waals surface area contributed by atoms with E-state index in [1.807, 2.05) is 0 Å². The minimum atomic E-state index is -1.12. The fourth-order valence-corrected chi connectivity index (χ4v) is 1.92. The van der Waals surface area contributed by atoms with Crippen LogP contribution in [0.2, 0.25) is 0 Å². The molecule has 0 spiro atoms. The van der Waals surface area contributed by atoms with Gasteiger partial charge in [-0.2, -0.15) is 0 Å². The summed E-state index contributed by atoms with van der Waals surface area (Å²) in [6.07, 6.45) is -2.08. The van der Waals surface area contributed by atoms with Crippen LogP contribution in [0.5, 0.6) is 5.75 Å². The number of benzene rings is 1. The number of likely N-dealkylation sites (N-methyl/N-ethyl adjacent to an activating group) is 1. The Labute approximate surface area is 96.7 Å². The van der Waals surface area contributed by atoms with Crippen LogP contribution >= 0.6 is 15.9 Å². The van der Waals surface area contributed by atoms with Crippen molar-refractivity contribution in [1.29, 1.82) is 0 Å². The highest BCUT2D eigenvalue weighted by atomic mass is 79.9. The average molecular weight is 276 g/mol. The lowest BCUT2D eigenvalue weighted by Crippen LogP contribution is -2.29. The molecule has 84 valence electrons. The minimum Gasteiger partial charge on any atom is -0.508 e. The fraction of sp³-hybridized carbons (Fsp3) is 0.400. The zero-order valence-corrected chi connectivity index (χ0v) is 9.90. The van der Waals surface area contributed by atoms with Crippen molar-refractivity contribution in [2.45, 2.75) is 12.2 Å². The predicted octanol–water partition coefficient (Wildman–Crippen LogP) is 0.768. The fourth-order valence-electron chi connectivity index (χ4n) is 1.33. The normalized spacial score (nSPS) is 14.9. The summed E-state index contributed by atoms with van der Waals surface area (Å²) in [5, 5.41) is 31.7. The Kier molecular flexibility index (Phi) is 4.53. The second-order valence-electron chi connectivity index (χ2n) is 3.24. The number of halogens is 1. The molecule has 0 aromatic heterocycles. The number of aromatic hydroxyl groups is 1. The summed E-state index contributed by atoms with van der Waals surface area (Å²) in [6, 6.07) is 4.82. The van der Waals surface area contributed by atoms with E-state index < -0.39 is 12.2 Å². The van der Waals surface area contributed by atoms with Crippen LogP contribution in [0.4, 0.5) is 0 Å². The first-order valence-corrected chi connectivity index (χ1v) is 5.35. The quantitative estimate of drug-likeness (QED) is 0.655. The van der Waals surface area contributed by atoms with Gasteiger partial charge >= 0.3 is 0 Å². The number of hydrogen-bond acceptors (Lipinski definition) is 4. The number of rotatable bonds is 4. The third-order valence-electron chi connectivity index (χ3n) is 2.10. The molecule has 2 atom stereocenters. The molecule has 4 nitrogen and oxygen atoms in total. The van der Waals surface area contributed by atoms with Gasteiger partial charge in [0.1, 0.15) is 11.9 Å². The van der Waals surface area contributed by atoms with Crippen LogP contribution in [0, 0.1) is 0 Å². The molecule has 1 aromatic rings. The number of aliphatic hydroxyl groups excluding tert-OH is 2. The van der Waals surface area contributed by atoms with Gasteiger partial charge in [0.25, 0.3) is 0 Å². The molecule has 1 aromatic carbocycles. The van der Waals surface area contributed by atoms with Gasteiger partial charge in [-0.05, 0) is 19.2 Å². The zero-order chi connectivity index (χ0) is 11.4. The Morgan fingerprint density at radius 2 is 2.07 bits per heavy atom. The van der Waals surface area contributed by atoms with Gasteiger partial charge < -0.3 is 20.6 Å². The van der Waals surface area contributed by atoms with E-state index in [-0.39, 0.29) is 12.3 Å². The maximum atomic E-state index is 9.80. The van der Waals surface area contributed by atoms with Crippen LogP contribution in [0.3, 0.4) is 0 Å². The monoisotopic (exact) mass is 275 g/mol. The van der Waals surface area contributed by atoms with Crippen molar-refractivity contribution < 1.29 is 15.3 Å². The highest BCUT2D eigenvalue weighted by Crippen LogP contribution is 2.32. The molecule has 0 fully saturated rings. The number of phenolic OH excluding ortho intramolecular Hbond substituents is 1. The van der Waals surface area contributed by atoms with Crippen molar-refractivity contribution in [2.24, 2.45) is 0 Å². The van der Waals surface area contributed by atoms with Crippen molar-refractivity contribution >= 4 is 15.9 Å². The van der Waals surface area contributed by atoms with Gasteiger partial charge in [0.15, 0.2) is 0 Å². The van der Waals surface area contributed by atoms with E-state index >= 15 is 0 Å². The van der Waals surface area contributed by atoms with E-state index in [0.29, 0.717) is 10.0 Å². The topological polar surface area (TPSA) is 72.7 Å². The standard InChI is InChI=1S/C10H14BrNO3/c1-12-5-8(14)10(15)9-6(11)3-2-4-7(9)13/h2-4,8,10,12-15H,5H2,1H3. The van der Waals surface area contributed by atoms with E-state index in [4.69, 9.17) is 0 Å². The van der Waals surface area contributed by atoms with Crippen molar-refractivity contribution in [3.63, 3.8) is 0 Å². The van der Waals surface area contributed by atoms with Gasteiger partial charge in [-0.15, -0.1) is 0 Å². The van der Waals surface area contributed by atoms with E-state index in [9.17, 15) is 15.3 Å². The van der Waals surface area contributed by atoms with Gasteiger partial charge in [-0.1, -0.05) is 22.0 Å². The SMILES string of the molecule is CNCC(O)C(O)c1c(O)cccc1Br. The Bertz CT molecular complexity index is 312. The van der Waals surface area contributed by atoms with Crippen LogP contribution in [0.25, 0.3) is 0 Å². The first-order valence-electron chi connectivity index (χ1n) is 4.56. The van der Waals surface area contributed by atoms with Gasteiger partial charge in [0.05, 0.1) is 6.10 Å². The zero-order valence-electron chi connectivity index (χ0n) is 8.31. The molecule has 0 aliphatic carbocycles. The predicted molar refractivity (Wildman–Crippen MR) is 60.7 cm³/mol. The largest absolute Gasteiger partial charge is 0.508 e. The molecule has 0 saturated carbocycles. The summed E-state index contributed by atoms with van der Waals surface area (Å²) >= 11 is 3.22. The van der Waals surface area contributed by atoms with E-state index in [1.54, 1.807) is 19.2 Å². The lowest BCUT2D eigenvalue weighted by molar-refractivity contribution is 0.0184. The lowest BCUT2D eigenvalue weighted by atomic mass is 10.0. The number of phenols is 1. The van der Waals surface area contributed by atoms with Crippen molar-refractivity contribution in [3.05, 3.63) is 28.2 Å². The molecule has 0 aliphatic heterocycles. The molecule has 0 saturated heterocycles. The third kappa shape index (κ3) is 2.92.